The molecule has 1 N–H and O–H groups in total. The summed E-state index contributed by atoms with van der Waals surface area (Å²) in [5.41, 5.74) is 0.174. The van der Waals surface area contributed by atoms with Gasteiger partial charge in [-0.2, -0.15) is 0 Å². The second-order valence-electron chi connectivity index (χ2n) is 5.69. The number of nitrogens with one attached hydrogen (secondary N) is 1. The Morgan fingerprint density at radius 2 is 2.00 bits per heavy atom. The highest BCUT2D eigenvalue weighted by Crippen LogP contribution is 2.37. The molecule has 0 aromatic heterocycles. The van der Waals surface area contributed by atoms with Crippen molar-refractivity contribution in [2.75, 3.05) is 25.1 Å². The molecule has 1 saturated heterocycles. The minimum absolute atomic E-state index is 0.174. The molecule has 0 amide bonds. The quantitative estimate of drug-likeness (QED) is 0.799. The maximum Gasteiger partial charge on any atom is 0.150 e. The largest absolute Gasteiger partial charge is 0.319 e. The van der Waals surface area contributed by atoms with E-state index in [1.807, 2.05) is 7.05 Å². The van der Waals surface area contributed by atoms with Crippen molar-refractivity contribution in [3.8, 4) is 0 Å². The first kappa shape index (κ1) is 13.0. The zero-order chi connectivity index (χ0) is 11.7. The maximum atomic E-state index is 11.5. The van der Waals surface area contributed by atoms with Crippen LogP contribution in [-0.2, 0) is 9.84 Å². The second-order valence-corrected chi connectivity index (χ2v) is 7.92. The highest BCUT2D eigenvalue weighted by atomic mass is 32.2. The van der Waals surface area contributed by atoms with Crippen molar-refractivity contribution in [1.82, 2.24) is 5.32 Å². The summed E-state index contributed by atoms with van der Waals surface area (Å²) in [5, 5.41) is 3.18. The SMILES string of the molecule is CNCC(C1CCS(=O)(=O)C1)C(C)(C)C. The van der Waals surface area contributed by atoms with Gasteiger partial charge in [-0.15, -0.1) is 0 Å². The zero-order valence-electron chi connectivity index (χ0n) is 10.2. The minimum Gasteiger partial charge on any atom is -0.319 e. The monoisotopic (exact) mass is 233 g/mol. The van der Waals surface area contributed by atoms with Crippen LogP contribution in [0.2, 0.25) is 0 Å². The van der Waals surface area contributed by atoms with E-state index >= 15 is 0 Å². The number of sulfone groups is 1. The molecule has 0 bridgehead atoms. The Morgan fingerprint density at radius 1 is 1.40 bits per heavy atom. The fraction of sp³-hybridized carbons (Fsp3) is 1.00. The van der Waals surface area contributed by atoms with Crippen molar-refractivity contribution in [3.05, 3.63) is 0 Å². The Kier molecular flexibility index (Phi) is 3.82. The van der Waals surface area contributed by atoms with Crippen molar-refractivity contribution in [2.45, 2.75) is 27.2 Å². The molecule has 1 heterocycles. The van der Waals surface area contributed by atoms with Gasteiger partial charge < -0.3 is 5.32 Å². The van der Waals surface area contributed by atoms with E-state index in [0.29, 0.717) is 23.3 Å². The van der Waals surface area contributed by atoms with E-state index in [1.165, 1.54) is 0 Å². The molecule has 0 aromatic carbocycles. The highest BCUT2D eigenvalue weighted by Gasteiger charge is 2.38. The van der Waals surface area contributed by atoms with Crippen molar-refractivity contribution >= 4 is 9.84 Å². The van der Waals surface area contributed by atoms with Crippen molar-refractivity contribution < 1.29 is 8.42 Å². The van der Waals surface area contributed by atoms with E-state index in [0.717, 1.165) is 13.0 Å². The lowest BCUT2D eigenvalue weighted by atomic mass is 9.73. The third kappa shape index (κ3) is 3.45. The van der Waals surface area contributed by atoms with E-state index in [1.54, 1.807) is 0 Å². The lowest BCUT2D eigenvalue weighted by Crippen LogP contribution is -2.36. The molecule has 1 aliphatic rings. The first-order valence-corrected chi connectivity index (χ1v) is 7.43. The van der Waals surface area contributed by atoms with Gasteiger partial charge in [0.05, 0.1) is 11.5 Å². The molecule has 15 heavy (non-hydrogen) atoms. The predicted octanol–water partition coefficient (Wildman–Crippen LogP) is 1.30. The fourth-order valence-corrected chi connectivity index (χ4v) is 4.42. The molecule has 1 rings (SSSR count). The van der Waals surface area contributed by atoms with Gasteiger partial charge in [0.2, 0.25) is 0 Å². The standard InChI is InChI=1S/C11H23NO2S/c1-11(2,3)10(7-12-4)9-5-6-15(13,14)8-9/h9-10,12H,5-8H2,1-4H3. The van der Waals surface area contributed by atoms with Crippen LogP contribution in [0, 0.1) is 17.3 Å². The summed E-state index contributed by atoms with van der Waals surface area (Å²) in [4.78, 5) is 0. The van der Waals surface area contributed by atoms with E-state index in [2.05, 4.69) is 26.1 Å². The molecular formula is C11H23NO2S. The van der Waals surface area contributed by atoms with Crippen molar-refractivity contribution in [3.63, 3.8) is 0 Å². The van der Waals surface area contributed by atoms with Gasteiger partial charge in [0.15, 0.2) is 9.84 Å². The van der Waals surface area contributed by atoms with Crippen LogP contribution in [0.3, 0.4) is 0 Å². The van der Waals surface area contributed by atoms with Crippen LogP contribution in [-0.4, -0.2) is 33.5 Å². The molecule has 0 radical (unpaired) electrons. The Labute approximate surface area is 93.6 Å². The highest BCUT2D eigenvalue weighted by molar-refractivity contribution is 7.91. The van der Waals surface area contributed by atoms with Gasteiger partial charge in [0.1, 0.15) is 0 Å². The molecule has 2 unspecified atom stereocenters. The molecule has 2 atom stereocenters. The first-order valence-electron chi connectivity index (χ1n) is 5.61. The average Bonchev–Trinajstić information content (AvgIpc) is 2.39. The summed E-state index contributed by atoms with van der Waals surface area (Å²) in [5.74, 6) is 1.55. The Bertz CT molecular complexity index is 303. The minimum atomic E-state index is -2.75. The zero-order valence-corrected chi connectivity index (χ0v) is 11.0. The van der Waals surface area contributed by atoms with Gasteiger partial charge in [-0.25, -0.2) is 8.42 Å². The average molecular weight is 233 g/mol. The van der Waals surface area contributed by atoms with Crippen LogP contribution in [0.4, 0.5) is 0 Å². The van der Waals surface area contributed by atoms with E-state index in [-0.39, 0.29) is 5.41 Å². The molecule has 1 aliphatic heterocycles. The van der Waals surface area contributed by atoms with Gasteiger partial charge in [-0.3, -0.25) is 0 Å². The number of hydrogen-bond acceptors (Lipinski definition) is 3. The summed E-state index contributed by atoms with van der Waals surface area (Å²) >= 11 is 0. The van der Waals surface area contributed by atoms with Crippen LogP contribution >= 0.6 is 0 Å². The Morgan fingerprint density at radius 3 is 2.33 bits per heavy atom. The number of rotatable bonds is 3. The predicted molar refractivity (Wildman–Crippen MR) is 63.6 cm³/mol. The van der Waals surface area contributed by atoms with Gasteiger partial charge in [0, 0.05) is 0 Å². The van der Waals surface area contributed by atoms with E-state index in [9.17, 15) is 8.42 Å². The first-order chi connectivity index (χ1) is 6.76. The molecule has 3 nitrogen and oxygen atoms in total. The molecule has 0 aliphatic carbocycles. The van der Waals surface area contributed by atoms with Gasteiger partial charge >= 0.3 is 0 Å². The fourth-order valence-electron chi connectivity index (χ4n) is 2.54. The third-order valence-electron chi connectivity index (χ3n) is 3.37. The summed E-state index contributed by atoms with van der Waals surface area (Å²) in [6, 6.07) is 0. The summed E-state index contributed by atoms with van der Waals surface area (Å²) in [6.07, 6.45) is 0.839. The van der Waals surface area contributed by atoms with Crippen LogP contribution < -0.4 is 5.32 Å². The Balaban J connectivity index is 2.75. The topological polar surface area (TPSA) is 46.2 Å². The van der Waals surface area contributed by atoms with Crippen molar-refractivity contribution in [1.29, 1.82) is 0 Å². The normalized spacial score (nSPS) is 27.9. The van der Waals surface area contributed by atoms with Crippen LogP contribution in [0.25, 0.3) is 0 Å². The molecule has 4 heteroatoms. The van der Waals surface area contributed by atoms with E-state index in [4.69, 9.17) is 0 Å². The maximum absolute atomic E-state index is 11.5. The van der Waals surface area contributed by atoms with Gasteiger partial charge in [0.25, 0.3) is 0 Å². The van der Waals surface area contributed by atoms with Gasteiger partial charge in [-0.1, -0.05) is 20.8 Å². The van der Waals surface area contributed by atoms with Crippen LogP contribution in [0.15, 0.2) is 0 Å². The molecule has 0 saturated carbocycles. The van der Waals surface area contributed by atoms with E-state index < -0.39 is 9.84 Å². The van der Waals surface area contributed by atoms with Crippen LogP contribution in [0.5, 0.6) is 0 Å². The summed E-state index contributed by atoms with van der Waals surface area (Å²) < 4.78 is 22.9. The third-order valence-corrected chi connectivity index (χ3v) is 5.17. The Hall–Kier alpha value is -0.0900. The number of hydrogen-bond donors (Lipinski definition) is 1. The van der Waals surface area contributed by atoms with Crippen molar-refractivity contribution in [2.24, 2.45) is 17.3 Å². The van der Waals surface area contributed by atoms with Crippen LogP contribution in [0.1, 0.15) is 27.2 Å². The second kappa shape index (κ2) is 4.42. The smallest absolute Gasteiger partial charge is 0.150 e. The molecule has 1 fully saturated rings. The molecule has 90 valence electrons. The molecular weight excluding hydrogens is 210 g/mol. The van der Waals surface area contributed by atoms with Gasteiger partial charge in [-0.05, 0) is 37.3 Å². The summed E-state index contributed by atoms with van der Waals surface area (Å²) in [7, 11) is -0.814. The lowest BCUT2D eigenvalue weighted by molar-refractivity contribution is 0.169. The molecule has 0 spiro atoms. The lowest BCUT2D eigenvalue weighted by Gasteiger charge is -2.34. The summed E-state index contributed by atoms with van der Waals surface area (Å²) in [6.45, 7) is 7.49. The molecule has 0 aromatic rings.